The van der Waals surface area contributed by atoms with Crippen LogP contribution in [0.5, 0.6) is 5.75 Å². The second kappa shape index (κ2) is 7.71. The second-order valence-electron chi connectivity index (χ2n) is 4.89. The highest BCUT2D eigenvalue weighted by molar-refractivity contribution is 6.31. The van der Waals surface area contributed by atoms with Crippen molar-refractivity contribution in [1.29, 1.82) is 0 Å². The summed E-state index contributed by atoms with van der Waals surface area (Å²) in [5, 5.41) is 12.7. The first kappa shape index (κ1) is 16.2. The van der Waals surface area contributed by atoms with Crippen LogP contribution in [0, 0.1) is 6.92 Å². The van der Waals surface area contributed by atoms with Crippen molar-refractivity contribution in [2.75, 3.05) is 18.5 Å². The number of hydrogen-bond acceptors (Lipinski definition) is 3. The molecule has 0 saturated heterocycles. The van der Waals surface area contributed by atoms with Crippen molar-refractivity contribution in [3.8, 4) is 5.75 Å². The standard InChI is InChI=1S/C17H18ClNO3/c1-12-5-2-3-6-16(12)22-10-4-9-19-15-8-7-13(18)11-14(15)17(20)21/h2-3,5-8,11,19H,4,9-10H2,1H3,(H,20,21). The molecule has 0 amide bonds. The molecule has 2 aromatic rings. The predicted octanol–water partition coefficient (Wildman–Crippen LogP) is 4.23. The van der Waals surface area contributed by atoms with Crippen molar-refractivity contribution in [2.45, 2.75) is 13.3 Å². The summed E-state index contributed by atoms with van der Waals surface area (Å²) in [7, 11) is 0. The van der Waals surface area contributed by atoms with Crippen LogP contribution in [0.2, 0.25) is 5.02 Å². The van der Waals surface area contributed by atoms with Gasteiger partial charge in [0.05, 0.1) is 12.2 Å². The zero-order valence-electron chi connectivity index (χ0n) is 12.3. The van der Waals surface area contributed by atoms with Crippen molar-refractivity contribution < 1.29 is 14.6 Å². The van der Waals surface area contributed by atoms with Gasteiger partial charge in [0.2, 0.25) is 0 Å². The molecule has 0 aliphatic heterocycles. The summed E-state index contributed by atoms with van der Waals surface area (Å²) in [4.78, 5) is 11.2. The van der Waals surface area contributed by atoms with Crippen molar-refractivity contribution >= 4 is 23.3 Å². The zero-order chi connectivity index (χ0) is 15.9. The Morgan fingerprint density at radius 1 is 1.27 bits per heavy atom. The van der Waals surface area contributed by atoms with E-state index in [0.29, 0.717) is 23.9 Å². The molecule has 0 heterocycles. The maximum Gasteiger partial charge on any atom is 0.337 e. The molecular formula is C17H18ClNO3. The molecule has 2 aromatic carbocycles. The summed E-state index contributed by atoms with van der Waals surface area (Å²) < 4.78 is 5.69. The largest absolute Gasteiger partial charge is 0.493 e. The molecule has 0 aromatic heterocycles. The van der Waals surface area contributed by atoms with Crippen LogP contribution in [0.4, 0.5) is 5.69 Å². The lowest BCUT2D eigenvalue weighted by molar-refractivity contribution is 0.0698. The average molecular weight is 320 g/mol. The van der Waals surface area contributed by atoms with E-state index < -0.39 is 5.97 Å². The van der Waals surface area contributed by atoms with Gasteiger partial charge in [0.25, 0.3) is 0 Å². The third-order valence-corrected chi connectivity index (χ3v) is 3.43. The van der Waals surface area contributed by atoms with Gasteiger partial charge in [-0.25, -0.2) is 4.79 Å². The van der Waals surface area contributed by atoms with Gasteiger partial charge in [0, 0.05) is 17.3 Å². The Bertz CT molecular complexity index is 658. The van der Waals surface area contributed by atoms with Crippen molar-refractivity contribution in [1.82, 2.24) is 0 Å². The normalized spacial score (nSPS) is 10.3. The highest BCUT2D eigenvalue weighted by atomic mass is 35.5. The molecule has 0 bridgehead atoms. The number of para-hydroxylation sites is 1. The zero-order valence-corrected chi connectivity index (χ0v) is 13.1. The molecule has 4 nitrogen and oxygen atoms in total. The fraction of sp³-hybridized carbons (Fsp3) is 0.235. The Morgan fingerprint density at radius 2 is 2.05 bits per heavy atom. The highest BCUT2D eigenvalue weighted by Crippen LogP contribution is 2.21. The van der Waals surface area contributed by atoms with E-state index >= 15 is 0 Å². The van der Waals surface area contributed by atoms with Crippen LogP contribution in [0.3, 0.4) is 0 Å². The first-order valence-electron chi connectivity index (χ1n) is 7.03. The SMILES string of the molecule is Cc1ccccc1OCCCNc1ccc(Cl)cc1C(=O)O. The number of anilines is 1. The third-order valence-electron chi connectivity index (χ3n) is 3.20. The van der Waals surface area contributed by atoms with Crippen molar-refractivity contribution in [3.63, 3.8) is 0 Å². The van der Waals surface area contributed by atoms with Crippen molar-refractivity contribution in [2.24, 2.45) is 0 Å². The van der Waals surface area contributed by atoms with Gasteiger partial charge in [-0.15, -0.1) is 0 Å². The Labute approximate surface area is 134 Å². The molecule has 0 aliphatic rings. The number of hydrogen-bond donors (Lipinski definition) is 2. The van der Waals surface area contributed by atoms with Crippen LogP contribution in [0.15, 0.2) is 42.5 Å². The number of rotatable bonds is 7. The number of ether oxygens (including phenoxy) is 1. The lowest BCUT2D eigenvalue weighted by Crippen LogP contribution is -2.10. The number of halogens is 1. The lowest BCUT2D eigenvalue weighted by atomic mass is 10.2. The summed E-state index contributed by atoms with van der Waals surface area (Å²) in [6.45, 7) is 3.18. The molecular weight excluding hydrogens is 302 g/mol. The molecule has 2 rings (SSSR count). The number of nitrogens with one attached hydrogen (secondary N) is 1. The third kappa shape index (κ3) is 4.40. The predicted molar refractivity (Wildman–Crippen MR) is 88.2 cm³/mol. The molecule has 0 fully saturated rings. The van der Waals surface area contributed by atoms with Crippen molar-refractivity contribution in [3.05, 3.63) is 58.6 Å². The maximum absolute atomic E-state index is 11.2. The van der Waals surface area contributed by atoms with Crippen LogP contribution >= 0.6 is 11.6 Å². The Morgan fingerprint density at radius 3 is 2.77 bits per heavy atom. The Balaban J connectivity index is 1.82. The van der Waals surface area contributed by atoms with Crippen LogP contribution in [0.25, 0.3) is 0 Å². The first-order chi connectivity index (χ1) is 10.6. The van der Waals surface area contributed by atoms with E-state index in [1.807, 2.05) is 31.2 Å². The topological polar surface area (TPSA) is 58.6 Å². The number of aryl methyl sites for hydroxylation is 1. The Hall–Kier alpha value is -2.20. The van der Waals surface area contributed by atoms with E-state index in [4.69, 9.17) is 21.4 Å². The summed E-state index contributed by atoms with van der Waals surface area (Å²) >= 11 is 5.82. The van der Waals surface area contributed by atoms with E-state index in [-0.39, 0.29) is 5.56 Å². The van der Waals surface area contributed by atoms with Gasteiger partial charge < -0.3 is 15.2 Å². The van der Waals surface area contributed by atoms with E-state index in [0.717, 1.165) is 17.7 Å². The summed E-state index contributed by atoms with van der Waals surface area (Å²) in [5.74, 6) is -0.124. The first-order valence-corrected chi connectivity index (χ1v) is 7.41. The molecule has 116 valence electrons. The number of carbonyl (C=O) groups is 1. The quantitative estimate of drug-likeness (QED) is 0.750. The van der Waals surface area contributed by atoms with Gasteiger partial charge in [-0.05, 0) is 43.2 Å². The number of carboxylic acid groups (broad SMARTS) is 1. The van der Waals surface area contributed by atoms with Gasteiger partial charge >= 0.3 is 5.97 Å². The monoisotopic (exact) mass is 319 g/mol. The van der Waals surface area contributed by atoms with E-state index in [1.165, 1.54) is 6.07 Å². The fourth-order valence-electron chi connectivity index (χ4n) is 2.04. The number of aromatic carboxylic acids is 1. The van der Waals surface area contributed by atoms with E-state index in [2.05, 4.69) is 5.32 Å². The minimum atomic E-state index is -0.999. The van der Waals surface area contributed by atoms with Gasteiger partial charge in [0.1, 0.15) is 5.75 Å². The van der Waals surface area contributed by atoms with Gasteiger partial charge in [0.15, 0.2) is 0 Å². The molecule has 0 atom stereocenters. The Kier molecular flexibility index (Phi) is 5.67. The van der Waals surface area contributed by atoms with Gasteiger partial charge in [-0.1, -0.05) is 29.8 Å². The molecule has 0 radical (unpaired) electrons. The fourth-order valence-corrected chi connectivity index (χ4v) is 2.22. The van der Waals surface area contributed by atoms with E-state index in [1.54, 1.807) is 12.1 Å². The molecule has 0 aliphatic carbocycles. The molecule has 2 N–H and O–H groups in total. The second-order valence-corrected chi connectivity index (χ2v) is 5.33. The lowest BCUT2D eigenvalue weighted by Gasteiger charge is -2.11. The number of carboxylic acids is 1. The smallest absolute Gasteiger partial charge is 0.337 e. The van der Waals surface area contributed by atoms with Crippen LogP contribution < -0.4 is 10.1 Å². The summed E-state index contributed by atoms with van der Waals surface area (Å²) in [6, 6.07) is 12.6. The molecule has 0 unspecified atom stereocenters. The maximum atomic E-state index is 11.2. The number of benzene rings is 2. The molecule has 0 spiro atoms. The minimum Gasteiger partial charge on any atom is -0.493 e. The van der Waals surface area contributed by atoms with Gasteiger partial charge in [-0.3, -0.25) is 0 Å². The van der Waals surface area contributed by atoms with E-state index in [9.17, 15) is 4.79 Å². The average Bonchev–Trinajstić information content (AvgIpc) is 2.49. The van der Waals surface area contributed by atoms with Gasteiger partial charge in [-0.2, -0.15) is 0 Å². The molecule has 0 saturated carbocycles. The summed E-state index contributed by atoms with van der Waals surface area (Å²) in [6.07, 6.45) is 0.760. The van der Waals surface area contributed by atoms with Crippen LogP contribution in [0.1, 0.15) is 22.3 Å². The van der Waals surface area contributed by atoms with Crippen LogP contribution in [-0.4, -0.2) is 24.2 Å². The van der Waals surface area contributed by atoms with Crippen LogP contribution in [-0.2, 0) is 0 Å². The summed E-state index contributed by atoms with van der Waals surface area (Å²) in [5.41, 5.74) is 1.83. The minimum absolute atomic E-state index is 0.173. The molecule has 22 heavy (non-hydrogen) atoms. The highest BCUT2D eigenvalue weighted by Gasteiger charge is 2.10. The molecule has 5 heteroatoms.